The SMILES string of the molecule is CCS(N)(SCC(N)C(=O)Oc1ccc(CC(N)C(=O)O)cc1)C(=O)Oc1ccc(CC(N)C(=O)O)cc1. The molecule has 10 N–H and O–H groups in total. The number of hydrogen-bond donors (Lipinski definition) is 6. The summed E-state index contributed by atoms with van der Waals surface area (Å²) in [5.41, 5.74) is 18.3. The van der Waals surface area contributed by atoms with E-state index in [-0.39, 0.29) is 35.8 Å². The predicted octanol–water partition coefficient (Wildman–Crippen LogP) is 1.37. The average molecular weight is 569 g/mol. The zero-order valence-electron chi connectivity index (χ0n) is 20.6. The highest BCUT2D eigenvalue weighted by Crippen LogP contribution is 2.54. The summed E-state index contributed by atoms with van der Waals surface area (Å²) in [5, 5.41) is 23.5. The molecule has 0 saturated heterocycles. The Labute approximate surface area is 224 Å². The van der Waals surface area contributed by atoms with Crippen LogP contribution in [0, 0.1) is 0 Å². The van der Waals surface area contributed by atoms with Gasteiger partial charge in [0.2, 0.25) is 0 Å². The van der Waals surface area contributed by atoms with E-state index in [0.29, 0.717) is 11.1 Å². The maximum Gasteiger partial charge on any atom is 0.376 e. The summed E-state index contributed by atoms with van der Waals surface area (Å²) in [6.45, 7) is 1.72. The molecule has 0 saturated carbocycles. The molecule has 0 fully saturated rings. The molecule has 0 spiro atoms. The molecular formula is C24H32N4O8S2. The molecular weight excluding hydrogens is 536 g/mol. The largest absolute Gasteiger partial charge is 0.480 e. The summed E-state index contributed by atoms with van der Waals surface area (Å²) in [6.07, 6.45) is 0.245. The molecule has 2 aromatic carbocycles. The number of carbonyl (C=O) groups excluding carboxylic acids is 2. The Morgan fingerprint density at radius 3 is 1.61 bits per heavy atom. The molecule has 0 aromatic heterocycles. The van der Waals surface area contributed by atoms with Crippen molar-refractivity contribution in [2.75, 3.05) is 11.5 Å². The lowest BCUT2D eigenvalue weighted by Crippen LogP contribution is -2.37. The van der Waals surface area contributed by atoms with E-state index in [0.717, 1.165) is 10.8 Å². The van der Waals surface area contributed by atoms with Crippen LogP contribution in [0.25, 0.3) is 0 Å². The summed E-state index contributed by atoms with van der Waals surface area (Å²) in [5.74, 6) is -2.24. The minimum absolute atomic E-state index is 0.00513. The van der Waals surface area contributed by atoms with Gasteiger partial charge in [0, 0.05) is 11.5 Å². The molecule has 0 bridgehead atoms. The summed E-state index contributed by atoms with van der Waals surface area (Å²) in [4.78, 5) is 47.0. The van der Waals surface area contributed by atoms with Crippen LogP contribution >= 0.6 is 20.0 Å². The number of aliphatic carboxylic acids is 2. The number of ether oxygens (including phenoxy) is 2. The van der Waals surface area contributed by atoms with E-state index in [9.17, 15) is 19.2 Å². The summed E-state index contributed by atoms with van der Waals surface area (Å²) in [6, 6.07) is 9.30. The minimum Gasteiger partial charge on any atom is -0.480 e. The van der Waals surface area contributed by atoms with Crippen LogP contribution in [0.5, 0.6) is 11.5 Å². The number of carboxylic acid groups (broad SMARTS) is 2. The highest BCUT2D eigenvalue weighted by Gasteiger charge is 2.31. The van der Waals surface area contributed by atoms with Crippen molar-refractivity contribution in [3.05, 3.63) is 59.7 Å². The second kappa shape index (κ2) is 14.1. The number of hydrogen-bond acceptors (Lipinski definition) is 11. The normalized spacial score (nSPS) is 15.8. The molecule has 0 radical (unpaired) electrons. The second-order valence-corrected chi connectivity index (χ2v) is 13.7. The van der Waals surface area contributed by atoms with Gasteiger partial charge >= 0.3 is 23.2 Å². The van der Waals surface area contributed by atoms with Gasteiger partial charge in [-0.15, -0.1) is 0 Å². The molecule has 12 nitrogen and oxygen atoms in total. The van der Waals surface area contributed by atoms with Crippen LogP contribution in [-0.4, -0.2) is 63.1 Å². The second-order valence-electron chi connectivity index (χ2n) is 8.26. The number of carboxylic acids is 2. The molecule has 2 aromatic rings. The van der Waals surface area contributed by atoms with Gasteiger partial charge in [-0.25, -0.2) is 9.59 Å². The van der Waals surface area contributed by atoms with Gasteiger partial charge in [0.1, 0.15) is 29.6 Å². The van der Waals surface area contributed by atoms with E-state index < -0.39 is 50.6 Å². The molecule has 4 unspecified atom stereocenters. The molecule has 4 atom stereocenters. The van der Waals surface area contributed by atoms with E-state index in [4.69, 9.17) is 42.0 Å². The summed E-state index contributed by atoms with van der Waals surface area (Å²) < 4.78 is 10.7. The maximum atomic E-state index is 12.8. The Balaban J connectivity index is 1.90. The quantitative estimate of drug-likeness (QED) is 0.114. The third kappa shape index (κ3) is 9.31. The van der Waals surface area contributed by atoms with Crippen LogP contribution in [0.1, 0.15) is 18.1 Å². The van der Waals surface area contributed by atoms with Crippen LogP contribution in [0.2, 0.25) is 0 Å². The Morgan fingerprint density at radius 1 is 0.789 bits per heavy atom. The predicted molar refractivity (Wildman–Crippen MR) is 146 cm³/mol. The van der Waals surface area contributed by atoms with Crippen molar-refractivity contribution in [1.82, 2.24) is 0 Å². The van der Waals surface area contributed by atoms with Crippen molar-refractivity contribution in [2.45, 2.75) is 37.9 Å². The molecule has 14 heteroatoms. The van der Waals surface area contributed by atoms with Crippen molar-refractivity contribution < 1.29 is 38.9 Å². The monoisotopic (exact) mass is 568 g/mol. The summed E-state index contributed by atoms with van der Waals surface area (Å²) >= 11 is 0. The van der Waals surface area contributed by atoms with E-state index in [1.807, 2.05) is 0 Å². The fourth-order valence-corrected chi connectivity index (χ4v) is 6.26. The Morgan fingerprint density at radius 2 is 1.21 bits per heavy atom. The minimum atomic E-state index is -2.51. The third-order valence-electron chi connectivity index (χ3n) is 5.28. The van der Waals surface area contributed by atoms with E-state index in [1.54, 1.807) is 31.2 Å². The van der Waals surface area contributed by atoms with E-state index in [2.05, 4.69) is 0 Å². The van der Waals surface area contributed by atoms with E-state index in [1.165, 1.54) is 24.3 Å². The van der Waals surface area contributed by atoms with Gasteiger partial charge in [0.05, 0.1) is 0 Å². The Kier molecular flexibility index (Phi) is 11.6. The first-order chi connectivity index (χ1) is 17.8. The van der Waals surface area contributed by atoms with Crippen LogP contribution in [0.4, 0.5) is 4.79 Å². The van der Waals surface area contributed by atoms with Crippen LogP contribution < -0.4 is 31.8 Å². The van der Waals surface area contributed by atoms with Crippen LogP contribution in [0.15, 0.2) is 48.5 Å². The molecule has 0 aliphatic carbocycles. The van der Waals surface area contributed by atoms with Gasteiger partial charge in [0.25, 0.3) is 0 Å². The van der Waals surface area contributed by atoms with Crippen LogP contribution in [0.3, 0.4) is 0 Å². The molecule has 0 heterocycles. The van der Waals surface area contributed by atoms with E-state index >= 15 is 0 Å². The number of nitrogens with two attached hydrogens (primary N) is 4. The number of esters is 1. The summed E-state index contributed by atoms with van der Waals surface area (Å²) in [7, 11) is -1.48. The number of benzene rings is 2. The van der Waals surface area contributed by atoms with Crippen molar-refractivity contribution in [3.8, 4) is 11.5 Å². The number of rotatable bonds is 13. The first kappa shape index (κ1) is 31.1. The van der Waals surface area contributed by atoms with Crippen LogP contribution in [-0.2, 0) is 27.2 Å². The van der Waals surface area contributed by atoms with Crippen molar-refractivity contribution in [3.63, 3.8) is 0 Å². The highest BCUT2D eigenvalue weighted by atomic mass is 33.2. The Bertz CT molecular complexity index is 1130. The molecule has 0 amide bonds. The first-order valence-electron chi connectivity index (χ1n) is 11.4. The fourth-order valence-electron chi connectivity index (χ4n) is 2.94. The van der Waals surface area contributed by atoms with Gasteiger partial charge in [-0.3, -0.25) is 14.7 Å². The number of carbonyl (C=O) groups is 4. The third-order valence-corrected chi connectivity index (χ3v) is 10.5. The highest BCUT2D eigenvalue weighted by molar-refractivity contribution is 8.98. The van der Waals surface area contributed by atoms with Gasteiger partial charge in [-0.1, -0.05) is 42.0 Å². The topological polar surface area (TPSA) is 231 Å². The lowest BCUT2D eigenvalue weighted by molar-refractivity contribution is -0.139. The van der Waals surface area contributed by atoms with Crippen molar-refractivity contribution in [1.29, 1.82) is 0 Å². The average Bonchev–Trinajstić information content (AvgIpc) is 2.88. The molecule has 0 aliphatic heterocycles. The van der Waals surface area contributed by atoms with Gasteiger partial charge < -0.3 is 36.9 Å². The standard InChI is InChI=1S/C24H32N4O8S2/c1-2-38(28,24(34)36-17-9-5-15(6-10-17)12-19(26)22(31)32)37-13-20(27)23(33)35-16-7-3-14(4-8-16)11-18(25)21(29)30/h3-10,18-20H,2,11-13,25-28H2,1H3,(H,29,30)(H,31,32). The zero-order chi connectivity index (χ0) is 28.5. The van der Waals surface area contributed by atoms with Gasteiger partial charge in [-0.05, 0) is 57.5 Å². The maximum absolute atomic E-state index is 12.8. The zero-order valence-corrected chi connectivity index (χ0v) is 22.3. The molecule has 38 heavy (non-hydrogen) atoms. The van der Waals surface area contributed by atoms with Gasteiger partial charge in [0.15, 0.2) is 0 Å². The first-order valence-corrected chi connectivity index (χ1v) is 14.8. The molecule has 0 aliphatic rings. The lowest BCUT2D eigenvalue weighted by Gasteiger charge is -2.30. The van der Waals surface area contributed by atoms with Crippen molar-refractivity contribution >= 4 is 43.2 Å². The Hall–Kier alpha value is -3.14. The van der Waals surface area contributed by atoms with Crippen molar-refractivity contribution in [2.24, 2.45) is 22.3 Å². The fraction of sp³-hybridized carbons (Fsp3) is 0.333. The van der Waals surface area contributed by atoms with Gasteiger partial charge in [-0.2, -0.15) is 0 Å². The lowest BCUT2D eigenvalue weighted by atomic mass is 10.1. The smallest absolute Gasteiger partial charge is 0.376 e. The molecule has 208 valence electrons. The molecule has 2 rings (SSSR count).